The molecule has 0 amide bonds. The Morgan fingerprint density at radius 1 is 0.228 bits per heavy atom. The van der Waals surface area contributed by atoms with E-state index in [9.17, 15) is 0 Å². The highest BCUT2D eigenvalue weighted by Crippen LogP contribution is 2.50. The largest absolute Gasteiger partial charge is 0.456 e. The highest BCUT2D eigenvalue weighted by atomic mass is 16.5. The summed E-state index contributed by atoms with van der Waals surface area (Å²) in [6.07, 6.45) is 0. The number of benzene rings is 11. The highest BCUT2D eigenvalue weighted by molar-refractivity contribution is 6.27. The molecule has 0 unspecified atom stereocenters. The first kappa shape index (κ1) is 31.8. The first-order chi connectivity index (χ1) is 28.2. The molecule has 0 aromatic heterocycles. The topological polar surface area (TPSA) is 9.23 Å². The van der Waals surface area contributed by atoms with Crippen molar-refractivity contribution in [2.24, 2.45) is 0 Å². The van der Waals surface area contributed by atoms with Crippen molar-refractivity contribution in [1.82, 2.24) is 0 Å². The van der Waals surface area contributed by atoms with Crippen LogP contribution in [-0.4, -0.2) is 0 Å². The van der Waals surface area contributed by atoms with Crippen LogP contribution in [0, 0.1) is 0 Å². The number of hydrogen-bond acceptors (Lipinski definition) is 1. The summed E-state index contributed by atoms with van der Waals surface area (Å²) in [7, 11) is 0. The van der Waals surface area contributed by atoms with Crippen LogP contribution in [0.2, 0.25) is 0 Å². The Balaban J connectivity index is 1.05. The van der Waals surface area contributed by atoms with E-state index >= 15 is 0 Å². The van der Waals surface area contributed by atoms with Gasteiger partial charge in [-0.05, 0) is 135 Å². The molecule has 0 saturated heterocycles. The number of rotatable bonds is 5. The van der Waals surface area contributed by atoms with Gasteiger partial charge in [-0.15, -0.1) is 0 Å². The SMILES string of the molecule is c1ccc(-c2cc(-c3ccc4c(c3)-c3cccc5c(-c6ccccc6)ccc(c35)O4)cc(-c3ccc4ccc5c(-c6ccccc6)ccc6ccc3c4c65)c2)cc1. The lowest BCUT2D eigenvalue weighted by Gasteiger charge is -2.23. The fraction of sp³-hybridized carbons (Fsp3) is 0. The fourth-order valence-electron chi connectivity index (χ4n) is 9.35. The van der Waals surface area contributed by atoms with Crippen molar-refractivity contribution < 1.29 is 4.74 Å². The molecule has 11 aromatic carbocycles. The van der Waals surface area contributed by atoms with Crippen molar-refractivity contribution in [2.45, 2.75) is 0 Å². The Morgan fingerprint density at radius 3 is 1.35 bits per heavy atom. The van der Waals surface area contributed by atoms with Crippen molar-refractivity contribution in [2.75, 3.05) is 0 Å². The van der Waals surface area contributed by atoms with E-state index in [0.717, 1.165) is 28.0 Å². The van der Waals surface area contributed by atoms with Gasteiger partial charge in [-0.25, -0.2) is 0 Å². The maximum Gasteiger partial charge on any atom is 0.135 e. The van der Waals surface area contributed by atoms with Crippen LogP contribution in [0.25, 0.3) is 110 Å². The highest BCUT2D eigenvalue weighted by Gasteiger charge is 2.23. The monoisotopic (exact) mass is 722 g/mol. The van der Waals surface area contributed by atoms with Gasteiger partial charge in [0.2, 0.25) is 0 Å². The zero-order valence-electron chi connectivity index (χ0n) is 31.0. The average molecular weight is 723 g/mol. The summed E-state index contributed by atoms with van der Waals surface area (Å²) in [6.45, 7) is 0. The van der Waals surface area contributed by atoms with Gasteiger partial charge in [0.15, 0.2) is 0 Å². The van der Waals surface area contributed by atoms with Crippen LogP contribution in [0.3, 0.4) is 0 Å². The summed E-state index contributed by atoms with van der Waals surface area (Å²) in [6, 6.07) is 75.3. The summed E-state index contributed by atoms with van der Waals surface area (Å²) in [5.74, 6) is 1.78. The standard InChI is InChI=1S/C56H34O/c1-4-11-35(12-5-1)41-31-42(40-23-29-52-51(34-40)48-18-10-17-47-45(37-15-8-3-9-16-37)28-30-53(57-52)56(47)48)33-43(32-41)46-25-20-39-21-26-49-44(36-13-6-2-7-14-36)24-19-38-22-27-50(46)55(39)54(38)49/h1-34H. The quantitative estimate of drug-likeness (QED) is 0.161. The lowest BCUT2D eigenvalue weighted by atomic mass is 9.85. The van der Waals surface area contributed by atoms with E-state index in [1.165, 1.54) is 93.3 Å². The maximum absolute atomic E-state index is 6.66. The second-order valence-electron chi connectivity index (χ2n) is 15.2. The zero-order chi connectivity index (χ0) is 37.5. The van der Waals surface area contributed by atoms with Crippen molar-refractivity contribution in [3.05, 3.63) is 206 Å². The minimum Gasteiger partial charge on any atom is -0.456 e. The molecule has 1 nitrogen and oxygen atoms in total. The first-order valence-electron chi connectivity index (χ1n) is 19.7. The molecule has 264 valence electrons. The molecule has 0 fully saturated rings. The molecule has 0 N–H and O–H groups in total. The van der Waals surface area contributed by atoms with Crippen molar-refractivity contribution in [3.63, 3.8) is 0 Å². The molecule has 1 heterocycles. The molecule has 11 aromatic rings. The Bertz CT molecular complexity index is 3340. The zero-order valence-corrected chi connectivity index (χ0v) is 31.0. The Labute approximate surface area is 331 Å². The van der Waals surface area contributed by atoms with Gasteiger partial charge in [-0.2, -0.15) is 0 Å². The van der Waals surface area contributed by atoms with E-state index in [1.807, 2.05) is 0 Å². The number of ether oxygens (including phenoxy) is 1. The molecule has 1 aliphatic heterocycles. The van der Waals surface area contributed by atoms with Crippen LogP contribution in [0.15, 0.2) is 206 Å². The average Bonchev–Trinajstić information content (AvgIpc) is 3.29. The summed E-state index contributed by atoms with van der Waals surface area (Å²) < 4.78 is 6.66. The van der Waals surface area contributed by atoms with Gasteiger partial charge in [0.25, 0.3) is 0 Å². The van der Waals surface area contributed by atoms with Gasteiger partial charge >= 0.3 is 0 Å². The maximum atomic E-state index is 6.66. The van der Waals surface area contributed by atoms with E-state index in [4.69, 9.17) is 4.74 Å². The molecule has 57 heavy (non-hydrogen) atoms. The Hall–Kier alpha value is -7.48. The third-order valence-electron chi connectivity index (χ3n) is 12.0. The molecule has 0 radical (unpaired) electrons. The third-order valence-corrected chi connectivity index (χ3v) is 12.0. The predicted octanol–water partition coefficient (Wildman–Crippen LogP) is 15.8. The lowest BCUT2D eigenvalue weighted by Crippen LogP contribution is -1.98. The van der Waals surface area contributed by atoms with Crippen LogP contribution < -0.4 is 4.74 Å². The number of hydrogen-bond donors (Lipinski definition) is 0. The Morgan fingerprint density at radius 2 is 0.719 bits per heavy atom. The molecule has 0 saturated carbocycles. The van der Waals surface area contributed by atoms with Gasteiger partial charge in [-0.3, -0.25) is 0 Å². The minimum absolute atomic E-state index is 0.882. The molecule has 0 atom stereocenters. The summed E-state index contributed by atoms with van der Waals surface area (Å²) >= 11 is 0. The van der Waals surface area contributed by atoms with E-state index in [1.54, 1.807) is 0 Å². The molecular weight excluding hydrogens is 689 g/mol. The predicted molar refractivity (Wildman–Crippen MR) is 240 cm³/mol. The van der Waals surface area contributed by atoms with Gasteiger partial charge in [0.05, 0.1) is 0 Å². The fourth-order valence-corrected chi connectivity index (χ4v) is 9.35. The third kappa shape index (κ3) is 5.03. The molecule has 0 bridgehead atoms. The second-order valence-corrected chi connectivity index (χ2v) is 15.2. The lowest BCUT2D eigenvalue weighted by molar-refractivity contribution is 0.487. The molecule has 0 aliphatic carbocycles. The number of fused-ring (bicyclic) bond motifs is 2. The molecular formula is C56H34O. The first-order valence-corrected chi connectivity index (χ1v) is 19.7. The minimum atomic E-state index is 0.882. The molecule has 1 aliphatic rings. The van der Waals surface area contributed by atoms with Gasteiger partial charge in [0, 0.05) is 10.9 Å². The smallest absolute Gasteiger partial charge is 0.135 e. The van der Waals surface area contributed by atoms with Crippen molar-refractivity contribution in [1.29, 1.82) is 0 Å². The summed E-state index contributed by atoms with van der Waals surface area (Å²) in [5.41, 5.74) is 14.4. The van der Waals surface area contributed by atoms with Crippen LogP contribution in [0.1, 0.15) is 0 Å². The van der Waals surface area contributed by atoms with Gasteiger partial charge < -0.3 is 4.74 Å². The summed E-state index contributed by atoms with van der Waals surface area (Å²) in [5, 5.41) is 10.1. The van der Waals surface area contributed by atoms with E-state index in [-0.39, 0.29) is 0 Å². The van der Waals surface area contributed by atoms with Crippen LogP contribution >= 0.6 is 0 Å². The normalized spacial score (nSPS) is 12.0. The van der Waals surface area contributed by atoms with Crippen molar-refractivity contribution >= 4 is 43.1 Å². The van der Waals surface area contributed by atoms with Gasteiger partial charge in [0.1, 0.15) is 11.5 Å². The van der Waals surface area contributed by atoms with Crippen LogP contribution in [0.4, 0.5) is 0 Å². The molecule has 1 heteroatoms. The van der Waals surface area contributed by atoms with E-state index < -0.39 is 0 Å². The van der Waals surface area contributed by atoms with Gasteiger partial charge in [-0.1, -0.05) is 170 Å². The van der Waals surface area contributed by atoms with E-state index in [2.05, 4.69) is 206 Å². The van der Waals surface area contributed by atoms with Crippen LogP contribution in [-0.2, 0) is 0 Å². The van der Waals surface area contributed by atoms with Crippen molar-refractivity contribution in [3.8, 4) is 78.3 Å². The Kier molecular flexibility index (Phi) is 7.00. The molecule has 0 spiro atoms. The second kappa shape index (κ2) is 12.5. The van der Waals surface area contributed by atoms with Crippen LogP contribution in [0.5, 0.6) is 11.5 Å². The van der Waals surface area contributed by atoms with E-state index in [0.29, 0.717) is 0 Å². The molecule has 12 rings (SSSR count). The summed E-state index contributed by atoms with van der Waals surface area (Å²) in [4.78, 5) is 0.